The van der Waals surface area contributed by atoms with E-state index < -0.39 is 0 Å². The molecule has 1 fully saturated rings. The van der Waals surface area contributed by atoms with Gasteiger partial charge in [0.1, 0.15) is 5.75 Å². The minimum atomic E-state index is -0.207. The Labute approximate surface area is 120 Å². The Kier molecular flexibility index (Phi) is 4.40. The van der Waals surface area contributed by atoms with Gasteiger partial charge in [0.25, 0.3) is 0 Å². The lowest BCUT2D eigenvalue weighted by atomic mass is 10.0. The van der Waals surface area contributed by atoms with Crippen molar-refractivity contribution >= 4 is 0 Å². The van der Waals surface area contributed by atoms with Crippen LogP contribution in [0.3, 0.4) is 0 Å². The first-order chi connectivity index (χ1) is 9.50. The highest BCUT2D eigenvalue weighted by Gasteiger charge is 2.31. The fourth-order valence-corrected chi connectivity index (χ4v) is 2.45. The van der Waals surface area contributed by atoms with E-state index in [4.69, 9.17) is 18.9 Å². The third kappa shape index (κ3) is 2.99. The molecule has 0 spiro atoms. The normalized spacial score (nSPS) is 21.4. The first kappa shape index (κ1) is 14.9. The van der Waals surface area contributed by atoms with Crippen LogP contribution in [-0.2, 0) is 4.74 Å². The Morgan fingerprint density at radius 3 is 2.20 bits per heavy atom. The lowest BCUT2D eigenvalue weighted by Gasteiger charge is -2.37. The molecule has 1 aromatic rings. The van der Waals surface area contributed by atoms with E-state index in [1.807, 2.05) is 12.1 Å². The summed E-state index contributed by atoms with van der Waals surface area (Å²) in [4.78, 5) is 0. The number of morpholine rings is 1. The summed E-state index contributed by atoms with van der Waals surface area (Å²) in [5.74, 6) is 2.07. The molecule has 1 saturated heterocycles. The molecule has 5 heteroatoms. The van der Waals surface area contributed by atoms with Gasteiger partial charge in [-0.05, 0) is 19.9 Å². The molecular weight excluding hydrogens is 258 g/mol. The van der Waals surface area contributed by atoms with E-state index in [2.05, 4.69) is 19.2 Å². The predicted octanol–water partition coefficient (Wildman–Crippen LogP) is 2.15. The van der Waals surface area contributed by atoms with Crippen molar-refractivity contribution in [3.8, 4) is 17.2 Å². The zero-order valence-electron chi connectivity index (χ0n) is 12.8. The van der Waals surface area contributed by atoms with Crippen molar-refractivity contribution < 1.29 is 18.9 Å². The average molecular weight is 281 g/mol. The van der Waals surface area contributed by atoms with Gasteiger partial charge in [0.05, 0.1) is 33.0 Å². The highest BCUT2D eigenvalue weighted by atomic mass is 16.5. The van der Waals surface area contributed by atoms with Crippen molar-refractivity contribution in [1.82, 2.24) is 5.32 Å². The van der Waals surface area contributed by atoms with Crippen molar-refractivity contribution in [3.05, 3.63) is 17.7 Å². The lowest BCUT2D eigenvalue weighted by Crippen LogP contribution is -2.46. The van der Waals surface area contributed by atoms with Crippen molar-refractivity contribution in [2.45, 2.75) is 25.6 Å². The highest BCUT2D eigenvalue weighted by molar-refractivity contribution is 5.51. The molecule has 1 aliphatic rings. The number of methoxy groups -OCH3 is 3. The number of rotatable bonds is 4. The zero-order valence-corrected chi connectivity index (χ0v) is 12.8. The molecule has 0 amide bonds. The summed E-state index contributed by atoms with van der Waals surface area (Å²) in [5.41, 5.74) is 0.756. The number of benzene rings is 1. The summed E-state index contributed by atoms with van der Waals surface area (Å²) in [6.45, 7) is 5.72. The maximum atomic E-state index is 6.14. The highest BCUT2D eigenvalue weighted by Crippen LogP contribution is 2.40. The van der Waals surface area contributed by atoms with Crippen LogP contribution < -0.4 is 19.5 Å². The molecular formula is C15H23NO4. The Balaban J connectivity index is 2.39. The van der Waals surface area contributed by atoms with Gasteiger partial charge in [0, 0.05) is 24.7 Å². The zero-order chi connectivity index (χ0) is 14.8. The number of nitrogens with one attached hydrogen (secondary N) is 1. The van der Waals surface area contributed by atoms with E-state index in [0.29, 0.717) is 11.5 Å². The van der Waals surface area contributed by atoms with Crippen molar-refractivity contribution in [2.75, 3.05) is 34.4 Å². The second kappa shape index (κ2) is 5.89. The molecule has 1 heterocycles. The van der Waals surface area contributed by atoms with Gasteiger partial charge >= 0.3 is 0 Å². The predicted molar refractivity (Wildman–Crippen MR) is 76.9 cm³/mol. The quantitative estimate of drug-likeness (QED) is 0.916. The smallest absolute Gasteiger partial charge is 0.164 e. The van der Waals surface area contributed by atoms with Gasteiger partial charge in [-0.1, -0.05) is 0 Å². The van der Waals surface area contributed by atoms with Crippen LogP contribution in [0.25, 0.3) is 0 Å². The molecule has 1 aliphatic heterocycles. The first-order valence-electron chi connectivity index (χ1n) is 6.69. The van der Waals surface area contributed by atoms with Crippen LogP contribution in [0.1, 0.15) is 25.5 Å². The maximum Gasteiger partial charge on any atom is 0.164 e. The third-order valence-corrected chi connectivity index (χ3v) is 3.42. The third-order valence-electron chi connectivity index (χ3n) is 3.42. The van der Waals surface area contributed by atoms with Gasteiger partial charge in [0.2, 0.25) is 0 Å². The van der Waals surface area contributed by atoms with Crippen LogP contribution in [0.4, 0.5) is 0 Å². The number of hydrogen-bond donors (Lipinski definition) is 1. The topological polar surface area (TPSA) is 49.0 Å². The molecule has 0 aliphatic carbocycles. The van der Waals surface area contributed by atoms with E-state index in [-0.39, 0.29) is 11.7 Å². The second-order valence-electron chi connectivity index (χ2n) is 5.45. The molecule has 1 N–H and O–H groups in total. The standard InChI is InChI=1S/C15H23NO4/c1-15(2)9-16-8-14(20-15)10-6-12(18-4)13(19-5)7-11(10)17-3/h6-7,14,16H,8-9H2,1-5H3. The molecule has 20 heavy (non-hydrogen) atoms. The van der Waals surface area contributed by atoms with Crippen molar-refractivity contribution in [1.29, 1.82) is 0 Å². The summed E-state index contributed by atoms with van der Waals surface area (Å²) in [6.07, 6.45) is -0.0755. The van der Waals surface area contributed by atoms with Crippen LogP contribution in [-0.4, -0.2) is 40.0 Å². The van der Waals surface area contributed by atoms with E-state index in [1.54, 1.807) is 21.3 Å². The SMILES string of the molecule is COc1cc(OC)c(C2CNCC(C)(C)O2)cc1OC. The largest absolute Gasteiger partial charge is 0.496 e. The summed E-state index contributed by atoms with van der Waals surface area (Å²) in [5, 5.41) is 3.39. The minimum Gasteiger partial charge on any atom is -0.496 e. The molecule has 0 saturated carbocycles. The molecule has 0 radical (unpaired) electrons. The van der Waals surface area contributed by atoms with Crippen molar-refractivity contribution in [3.63, 3.8) is 0 Å². The van der Waals surface area contributed by atoms with Crippen LogP contribution in [0.2, 0.25) is 0 Å². The Bertz CT molecular complexity index is 473. The Morgan fingerprint density at radius 1 is 1.05 bits per heavy atom. The summed E-state index contributed by atoms with van der Waals surface area (Å²) in [6, 6.07) is 3.75. The lowest BCUT2D eigenvalue weighted by molar-refractivity contribution is -0.0965. The summed E-state index contributed by atoms with van der Waals surface area (Å²) in [7, 11) is 4.88. The molecule has 1 unspecified atom stereocenters. The van der Waals surface area contributed by atoms with Gasteiger partial charge in [0.15, 0.2) is 11.5 Å². The average Bonchev–Trinajstić information content (AvgIpc) is 2.44. The van der Waals surface area contributed by atoms with Gasteiger partial charge in [-0.25, -0.2) is 0 Å². The van der Waals surface area contributed by atoms with Crippen LogP contribution in [0.15, 0.2) is 12.1 Å². The van der Waals surface area contributed by atoms with Crippen LogP contribution in [0, 0.1) is 0 Å². The molecule has 0 bridgehead atoms. The van der Waals surface area contributed by atoms with Gasteiger partial charge in [-0.15, -0.1) is 0 Å². The Morgan fingerprint density at radius 2 is 1.65 bits per heavy atom. The Hall–Kier alpha value is -1.46. The molecule has 1 atom stereocenters. The monoisotopic (exact) mass is 281 g/mol. The maximum absolute atomic E-state index is 6.14. The van der Waals surface area contributed by atoms with E-state index >= 15 is 0 Å². The van der Waals surface area contributed by atoms with E-state index in [1.165, 1.54) is 0 Å². The van der Waals surface area contributed by atoms with Gasteiger partial charge < -0.3 is 24.3 Å². The minimum absolute atomic E-state index is 0.0755. The first-order valence-corrected chi connectivity index (χ1v) is 6.69. The second-order valence-corrected chi connectivity index (χ2v) is 5.45. The number of hydrogen-bond acceptors (Lipinski definition) is 5. The summed E-state index contributed by atoms with van der Waals surface area (Å²) >= 11 is 0. The van der Waals surface area contributed by atoms with Crippen LogP contribution >= 0.6 is 0 Å². The summed E-state index contributed by atoms with van der Waals surface area (Å²) < 4.78 is 22.3. The van der Waals surface area contributed by atoms with Crippen LogP contribution in [0.5, 0.6) is 17.2 Å². The van der Waals surface area contributed by atoms with Crippen molar-refractivity contribution in [2.24, 2.45) is 0 Å². The van der Waals surface area contributed by atoms with E-state index in [0.717, 1.165) is 24.4 Å². The van der Waals surface area contributed by atoms with E-state index in [9.17, 15) is 0 Å². The van der Waals surface area contributed by atoms with Gasteiger partial charge in [-0.3, -0.25) is 0 Å². The molecule has 0 aromatic heterocycles. The fourth-order valence-electron chi connectivity index (χ4n) is 2.45. The molecule has 5 nitrogen and oxygen atoms in total. The molecule has 2 rings (SSSR count). The molecule has 1 aromatic carbocycles. The molecule has 112 valence electrons. The van der Waals surface area contributed by atoms with Gasteiger partial charge in [-0.2, -0.15) is 0 Å². The number of ether oxygens (including phenoxy) is 4. The fraction of sp³-hybridized carbons (Fsp3) is 0.600.